The van der Waals surface area contributed by atoms with E-state index in [1.165, 1.54) is 17.7 Å². The molecule has 2 aromatic carbocycles. The van der Waals surface area contributed by atoms with Gasteiger partial charge >= 0.3 is 0 Å². The van der Waals surface area contributed by atoms with Crippen LogP contribution in [0, 0.1) is 5.82 Å². The van der Waals surface area contributed by atoms with E-state index in [1.54, 1.807) is 6.07 Å². The minimum Gasteiger partial charge on any atom is -0.376 e. The van der Waals surface area contributed by atoms with Crippen LogP contribution in [0.4, 0.5) is 4.39 Å². The molecule has 18 heavy (non-hydrogen) atoms. The van der Waals surface area contributed by atoms with E-state index in [2.05, 4.69) is 19.1 Å². The van der Waals surface area contributed by atoms with Gasteiger partial charge in [0.1, 0.15) is 5.82 Å². The Hall–Kier alpha value is -1.67. The predicted molar refractivity (Wildman–Crippen MR) is 70.9 cm³/mol. The summed E-state index contributed by atoms with van der Waals surface area (Å²) in [6.07, 6.45) is 0. The van der Waals surface area contributed by atoms with Gasteiger partial charge in [0.2, 0.25) is 0 Å². The van der Waals surface area contributed by atoms with Gasteiger partial charge in [-0.2, -0.15) is 0 Å². The Morgan fingerprint density at radius 1 is 1.06 bits per heavy atom. The molecule has 2 aromatic rings. The summed E-state index contributed by atoms with van der Waals surface area (Å²) >= 11 is 0. The van der Waals surface area contributed by atoms with Crippen LogP contribution in [0.1, 0.15) is 24.0 Å². The van der Waals surface area contributed by atoms with E-state index in [9.17, 15) is 4.39 Å². The molecule has 2 heteroatoms. The summed E-state index contributed by atoms with van der Waals surface area (Å²) in [6.45, 7) is 3.22. The molecule has 94 valence electrons. The summed E-state index contributed by atoms with van der Waals surface area (Å²) in [6, 6.07) is 16.8. The minimum atomic E-state index is -0.216. The van der Waals surface area contributed by atoms with Crippen molar-refractivity contribution in [1.29, 1.82) is 0 Å². The highest BCUT2D eigenvalue weighted by molar-refractivity contribution is 5.19. The van der Waals surface area contributed by atoms with Gasteiger partial charge in [-0.25, -0.2) is 4.39 Å². The van der Waals surface area contributed by atoms with E-state index in [4.69, 9.17) is 4.74 Å². The summed E-state index contributed by atoms with van der Waals surface area (Å²) < 4.78 is 18.6. The molecule has 0 radical (unpaired) electrons. The van der Waals surface area contributed by atoms with Crippen molar-refractivity contribution in [2.75, 3.05) is 6.61 Å². The zero-order valence-corrected chi connectivity index (χ0v) is 10.5. The molecule has 0 aliphatic heterocycles. The smallest absolute Gasteiger partial charge is 0.123 e. The third-order valence-corrected chi connectivity index (χ3v) is 2.89. The third-order valence-electron chi connectivity index (χ3n) is 2.89. The fourth-order valence-corrected chi connectivity index (χ4v) is 1.86. The summed E-state index contributed by atoms with van der Waals surface area (Å²) in [5.41, 5.74) is 2.13. The highest BCUT2D eigenvalue weighted by Gasteiger charge is 2.05. The summed E-state index contributed by atoms with van der Waals surface area (Å²) in [5.74, 6) is 0.131. The molecular weight excluding hydrogens is 227 g/mol. The summed E-state index contributed by atoms with van der Waals surface area (Å²) in [7, 11) is 0. The zero-order valence-electron chi connectivity index (χ0n) is 10.5. The molecule has 1 nitrogen and oxygen atoms in total. The number of benzene rings is 2. The topological polar surface area (TPSA) is 9.23 Å². The van der Waals surface area contributed by atoms with Crippen LogP contribution in [-0.2, 0) is 11.3 Å². The normalized spacial score (nSPS) is 12.3. The maximum Gasteiger partial charge on any atom is 0.123 e. The first-order chi connectivity index (χ1) is 8.75. The fraction of sp³-hybridized carbons (Fsp3) is 0.250. The van der Waals surface area contributed by atoms with Crippen LogP contribution in [0.15, 0.2) is 54.6 Å². The van der Waals surface area contributed by atoms with Gasteiger partial charge in [-0.1, -0.05) is 49.4 Å². The Labute approximate surface area is 107 Å². The average molecular weight is 244 g/mol. The molecule has 0 unspecified atom stereocenters. The van der Waals surface area contributed by atoms with E-state index < -0.39 is 0 Å². The second-order valence-electron chi connectivity index (χ2n) is 4.46. The fourth-order valence-electron chi connectivity index (χ4n) is 1.86. The lowest BCUT2D eigenvalue weighted by molar-refractivity contribution is 0.110. The van der Waals surface area contributed by atoms with Crippen LogP contribution >= 0.6 is 0 Å². The van der Waals surface area contributed by atoms with Crippen molar-refractivity contribution >= 4 is 0 Å². The lowest BCUT2D eigenvalue weighted by atomic mass is 10.0. The van der Waals surface area contributed by atoms with Crippen LogP contribution in [0.5, 0.6) is 0 Å². The van der Waals surface area contributed by atoms with Crippen molar-refractivity contribution in [3.63, 3.8) is 0 Å². The van der Waals surface area contributed by atoms with Gasteiger partial charge in [-0.15, -0.1) is 0 Å². The largest absolute Gasteiger partial charge is 0.376 e. The van der Waals surface area contributed by atoms with Crippen molar-refractivity contribution in [2.24, 2.45) is 0 Å². The summed E-state index contributed by atoms with van der Waals surface area (Å²) in [4.78, 5) is 0. The number of hydrogen-bond donors (Lipinski definition) is 0. The van der Waals surface area contributed by atoms with E-state index >= 15 is 0 Å². The van der Waals surface area contributed by atoms with Gasteiger partial charge in [0.25, 0.3) is 0 Å². The lowest BCUT2D eigenvalue weighted by Crippen LogP contribution is -2.04. The first-order valence-electron chi connectivity index (χ1n) is 6.13. The van der Waals surface area contributed by atoms with Gasteiger partial charge in [-0.05, 0) is 23.3 Å². The minimum absolute atomic E-state index is 0.216. The van der Waals surface area contributed by atoms with Crippen LogP contribution < -0.4 is 0 Å². The van der Waals surface area contributed by atoms with E-state index in [1.807, 2.05) is 24.3 Å². The zero-order chi connectivity index (χ0) is 12.8. The Kier molecular flexibility index (Phi) is 4.48. The molecule has 0 N–H and O–H groups in total. The van der Waals surface area contributed by atoms with Crippen molar-refractivity contribution in [3.8, 4) is 0 Å². The van der Waals surface area contributed by atoms with Gasteiger partial charge in [0, 0.05) is 5.92 Å². The molecule has 0 spiro atoms. The van der Waals surface area contributed by atoms with Gasteiger partial charge < -0.3 is 4.74 Å². The van der Waals surface area contributed by atoms with E-state index in [-0.39, 0.29) is 5.82 Å². The molecule has 0 heterocycles. The van der Waals surface area contributed by atoms with E-state index in [0.29, 0.717) is 19.1 Å². The molecule has 2 rings (SSSR count). The highest BCUT2D eigenvalue weighted by Crippen LogP contribution is 2.15. The molecule has 0 aliphatic carbocycles. The first-order valence-corrected chi connectivity index (χ1v) is 6.13. The van der Waals surface area contributed by atoms with Crippen molar-refractivity contribution in [1.82, 2.24) is 0 Å². The van der Waals surface area contributed by atoms with Crippen LogP contribution in [0.25, 0.3) is 0 Å². The Bertz CT molecular complexity index is 481. The number of hydrogen-bond acceptors (Lipinski definition) is 1. The monoisotopic (exact) mass is 244 g/mol. The Morgan fingerprint density at radius 2 is 1.83 bits per heavy atom. The standard InChI is InChI=1S/C16H17FO/c1-13(15-7-3-2-4-8-15)11-18-12-14-6-5-9-16(17)10-14/h2-10,13H,11-12H2,1H3/t13-/m1/s1. The molecule has 0 amide bonds. The lowest BCUT2D eigenvalue weighted by Gasteiger charge is -2.12. The Balaban J connectivity index is 1.82. The van der Waals surface area contributed by atoms with Gasteiger partial charge in [0.15, 0.2) is 0 Å². The third kappa shape index (κ3) is 3.67. The van der Waals surface area contributed by atoms with E-state index in [0.717, 1.165) is 5.56 Å². The molecule has 0 aromatic heterocycles. The predicted octanol–water partition coefficient (Wildman–Crippen LogP) is 4.15. The highest BCUT2D eigenvalue weighted by atomic mass is 19.1. The SMILES string of the molecule is C[C@H](COCc1cccc(F)c1)c1ccccc1. The molecule has 0 fully saturated rings. The number of rotatable bonds is 5. The molecule has 1 atom stereocenters. The molecule has 0 saturated heterocycles. The van der Waals surface area contributed by atoms with Crippen LogP contribution in [0.3, 0.4) is 0 Å². The van der Waals surface area contributed by atoms with Crippen LogP contribution in [0.2, 0.25) is 0 Å². The van der Waals surface area contributed by atoms with Gasteiger partial charge in [0.05, 0.1) is 13.2 Å². The summed E-state index contributed by atoms with van der Waals surface area (Å²) in [5, 5.41) is 0. The molecule has 0 aliphatic rings. The Morgan fingerprint density at radius 3 is 2.56 bits per heavy atom. The molecule has 0 saturated carbocycles. The maximum absolute atomic E-state index is 13.0. The van der Waals surface area contributed by atoms with Crippen molar-refractivity contribution in [2.45, 2.75) is 19.4 Å². The second kappa shape index (κ2) is 6.31. The second-order valence-corrected chi connectivity index (χ2v) is 4.46. The maximum atomic E-state index is 13.0. The van der Waals surface area contributed by atoms with Crippen molar-refractivity contribution < 1.29 is 9.13 Å². The van der Waals surface area contributed by atoms with Gasteiger partial charge in [-0.3, -0.25) is 0 Å². The number of halogens is 1. The average Bonchev–Trinajstić information content (AvgIpc) is 2.40. The molecular formula is C16H17FO. The van der Waals surface area contributed by atoms with Crippen LogP contribution in [-0.4, -0.2) is 6.61 Å². The first kappa shape index (κ1) is 12.8. The quantitative estimate of drug-likeness (QED) is 0.767. The number of ether oxygens (including phenoxy) is 1. The molecule has 0 bridgehead atoms. The van der Waals surface area contributed by atoms with Crippen molar-refractivity contribution in [3.05, 3.63) is 71.5 Å².